The van der Waals surface area contributed by atoms with E-state index in [2.05, 4.69) is 5.32 Å². The van der Waals surface area contributed by atoms with Gasteiger partial charge in [0.15, 0.2) is 6.61 Å². The number of amides is 1. The molecule has 0 spiro atoms. The molecule has 6 heteroatoms. The number of rotatable bonds is 5. The van der Waals surface area contributed by atoms with Crippen molar-refractivity contribution in [3.05, 3.63) is 23.8 Å². The Kier molecular flexibility index (Phi) is 5.01. The van der Waals surface area contributed by atoms with Crippen LogP contribution in [0.25, 0.3) is 0 Å². The number of carbonyl (C=O) groups excluding carboxylic acids is 1. The number of nitrogens with zero attached hydrogens (tertiary/aromatic N) is 2. The summed E-state index contributed by atoms with van der Waals surface area (Å²) in [6.45, 7) is -0.288. The van der Waals surface area contributed by atoms with E-state index in [0.717, 1.165) is 0 Å². The Labute approximate surface area is 104 Å². The zero-order valence-electron chi connectivity index (χ0n) is 9.77. The normalized spacial score (nSPS) is 8.83. The first-order valence-electron chi connectivity index (χ1n) is 5.05. The molecular formula is C12H11N3O3. The molecule has 0 heterocycles. The van der Waals surface area contributed by atoms with Crippen LogP contribution >= 0.6 is 0 Å². The number of benzene rings is 1. The second kappa shape index (κ2) is 6.77. The molecule has 0 fully saturated rings. The van der Waals surface area contributed by atoms with Crippen molar-refractivity contribution in [1.29, 1.82) is 10.5 Å². The molecule has 0 saturated heterocycles. The van der Waals surface area contributed by atoms with Gasteiger partial charge in [-0.25, -0.2) is 0 Å². The summed E-state index contributed by atoms with van der Waals surface area (Å²) in [4.78, 5) is 11.2. The lowest BCUT2D eigenvalue weighted by Gasteiger charge is -2.08. The van der Waals surface area contributed by atoms with E-state index in [1.165, 1.54) is 13.2 Å². The van der Waals surface area contributed by atoms with Crippen molar-refractivity contribution >= 4 is 5.91 Å². The maximum atomic E-state index is 11.2. The summed E-state index contributed by atoms with van der Waals surface area (Å²) in [6.07, 6.45) is 0. The molecule has 1 amide bonds. The average molecular weight is 245 g/mol. The lowest BCUT2D eigenvalue weighted by Crippen LogP contribution is -2.29. The third-order valence-corrected chi connectivity index (χ3v) is 1.98. The van der Waals surface area contributed by atoms with Gasteiger partial charge in [-0.1, -0.05) is 0 Å². The molecule has 6 nitrogen and oxygen atoms in total. The number of ether oxygens (including phenoxy) is 2. The van der Waals surface area contributed by atoms with E-state index >= 15 is 0 Å². The van der Waals surface area contributed by atoms with Gasteiger partial charge in [-0.15, -0.1) is 0 Å². The van der Waals surface area contributed by atoms with Crippen molar-refractivity contribution in [2.75, 3.05) is 20.3 Å². The molecule has 0 unspecified atom stereocenters. The van der Waals surface area contributed by atoms with Crippen LogP contribution in [-0.4, -0.2) is 26.2 Å². The molecule has 0 aliphatic carbocycles. The van der Waals surface area contributed by atoms with Gasteiger partial charge in [-0.05, 0) is 12.1 Å². The highest BCUT2D eigenvalue weighted by Gasteiger charge is 2.05. The largest absolute Gasteiger partial charge is 0.497 e. The van der Waals surface area contributed by atoms with Gasteiger partial charge in [-0.3, -0.25) is 4.79 Å². The number of nitriles is 2. The molecular weight excluding hydrogens is 234 g/mol. The molecule has 18 heavy (non-hydrogen) atoms. The molecule has 0 aliphatic rings. The van der Waals surface area contributed by atoms with E-state index in [4.69, 9.17) is 20.0 Å². The first kappa shape index (κ1) is 13.3. The van der Waals surface area contributed by atoms with Gasteiger partial charge in [0.25, 0.3) is 5.91 Å². The summed E-state index contributed by atoms with van der Waals surface area (Å²) in [5, 5.41) is 19.4. The Morgan fingerprint density at radius 1 is 1.33 bits per heavy atom. The molecule has 1 aromatic rings. The van der Waals surface area contributed by atoms with Gasteiger partial charge in [0, 0.05) is 6.07 Å². The first-order valence-corrected chi connectivity index (χ1v) is 5.05. The smallest absolute Gasteiger partial charge is 0.258 e. The number of nitrogens with one attached hydrogen (secondary N) is 1. The molecule has 0 atom stereocenters. The van der Waals surface area contributed by atoms with Crippen molar-refractivity contribution in [1.82, 2.24) is 5.32 Å². The summed E-state index contributed by atoms with van der Waals surface area (Å²) >= 11 is 0. The lowest BCUT2D eigenvalue weighted by atomic mass is 10.2. The van der Waals surface area contributed by atoms with Crippen LogP contribution in [0.4, 0.5) is 0 Å². The van der Waals surface area contributed by atoms with E-state index in [9.17, 15) is 4.79 Å². The maximum absolute atomic E-state index is 11.2. The van der Waals surface area contributed by atoms with Gasteiger partial charge in [0.2, 0.25) is 0 Å². The van der Waals surface area contributed by atoms with Crippen molar-refractivity contribution in [3.63, 3.8) is 0 Å². The average Bonchev–Trinajstić information content (AvgIpc) is 2.42. The zero-order valence-corrected chi connectivity index (χ0v) is 9.77. The van der Waals surface area contributed by atoms with Gasteiger partial charge in [0.05, 0.1) is 24.8 Å². The van der Waals surface area contributed by atoms with Crippen LogP contribution in [0.15, 0.2) is 18.2 Å². The number of methoxy groups -OCH3 is 1. The highest BCUT2D eigenvalue weighted by Crippen LogP contribution is 2.22. The zero-order chi connectivity index (χ0) is 13.4. The van der Waals surface area contributed by atoms with Crippen LogP contribution in [0.3, 0.4) is 0 Å². The molecule has 0 aliphatic heterocycles. The molecule has 0 saturated carbocycles. The molecule has 0 radical (unpaired) electrons. The Morgan fingerprint density at radius 3 is 2.67 bits per heavy atom. The van der Waals surface area contributed by atoms with E-state index in [-0.39, 0.29) is 13.2 Å². The summed E-state index contributed by atoms with van der Waals surface area (Å²) in [5.74, 6) is 0.428. The van der Waals surface area contributed by atoms with E-state index in [0.29, 0.717) is 17.1 Å². The summed E-state index contributed by atoms with van der Waals surface area (Å²) < 4.78 is 10.2. The second-order valence-electron chi connectivity index (χ2n) is 3.23. The Bertz CT molecular complexity index is 514. The van der Waals surface area contributed by atoms with Crippen molar-refractivity contribution in [2.45, 2.75) is 0 Å². The molecule has 1 aromatic carbocycles. The Hall–Kier alpha value is -2.73. The summed E-state index contributed by atoms with van der Waals surface area (Å²) in [7, 11) is 1.47. The maximum Gasteiger partial charge on any atom is 0.258 e. The standard InChI is InChI=1S/C12H11N3O3/c1-17-10-4-9(7-14)5-11(6-10)18-8-12(16)15-3-2-13/h4-6H,3,8H2,1H3,(H,15,16). The van der Waals surface area contributed by atoms with Gasteiger partial charge in [-0.2, -0.15) is 10.5 Å². The van der Waals surface area contributed by atoms with Gasteiger partial charge >= 0.3 is 0 Å². The minimum atomic E-state index is -0.405. The van der Waals surface area contributed by atoms with Crippen LogP contribution in [0, 0.1) is 22.7 Å². The molecule has 92 valence electrons. The summed E-state index contributed by atoms with van der Waals surface area (Å²) in [6, 6.07) is 8.37. The van der Waals surface area contributed by atoms with E-state index < -0.39 is 5.91 Å². The van der Waals surface area contributed by atoms with Crippen LogP contribution < -0.4 is 14.8 Å². The molecule has 1 N–H and O–H groups in total. The fraction of sp³-hybridized carbons (Fsp3) is 0.250. The number of hydrogen-bond acceptors (Lipinski definition) is 5. The second-order valence-corrected chi connectivity index (χ2v) is 3.23. The fourth-order valence-electron chi connectivity index (χ4n) is 1.18. The predicted octanol–water partition coefficient (Wildman–Crippen LogP) is 0.585. The third kappa shape index (κ3) is 4.03. The predicted molar refractivity (Wildman–Crippen MR) is 61.8 cm³/mol. The third-order valence-electron chi connectivity index (χ3n) is 1.98. The minimum Gasteiger partial charge on any atom is -0.497 e. The highest BCUT2D eigenvalue weighted by atomic mass is 16.5. The van der Waals surface area contributed by atoms with Crippen LogP contribution in [-0.2, 0) is 4.79 Å². The number of hydrogen-bond donors (Lipinski definition) is 1. The van der Waals surface area contributed by atoms with Crippen molar-refractivity contribution in [3.8, 4) is 23.6 Å². The fourth-order valence-corrected chi connectivity index (χ4v) is 1.18. The molecule has 0 aromatic heterocycles. The van der Waals surface area contributed by atoms with Crippen LogP contribution in [0.5, 0.6) is 11.5 Å². The Morgan fingerprint density at radius 2 is 2.06 bits per heavy atom. The number of carbonyl (C=O) groups is 1. The lowest BCUT2D eigenvalue weighted by molar-refractivity contribution is -0.122. The monoisotopic (exact) mass is 245 g/mol. The van der Waals surface area contributed by atoms with Gasteiger partial charge < -0.3 is 14.8 Å². The topological polar surface area (TPSA) is 95.1 Å². The summed E-state index contributed by atoms with van der Waals surface area (Å²) in [5.41, 5.74) is 0.377. The molecule has 0 bridgehead atoms. The van der Waals surface area contributed by atoms with E-state index in [1.807, 2.05) is 6.07 Å². The Balaban J connectivity index is 2.65. The molecule has 1 rings (SSSR count). The first-order chi connectivity index (χ1) is 8.69. The van der Waals surface area contributed by atoms with Crippen molar-refractivity contribution < 1.29 is 14.3 Å². The van der Waals surface area contributed by atoms with Crippen LogP contribution in [0.2, 0.25) is 0 Å². The van der Waals surface area contributed by atoms with E-state index in [1.54, 1.807) is 18.2 Å². The minimum absolute atomic E-state index is 0.0657. The van der Waals surface area contributed by atoms with Crippen molar-refractivity contribution in [2.24, 2.45) is 0 Å². The SMILES string of the molecule is COc1cc(C#N)cc(OCC(=O)NCC#N)c1. The quantitative estimate of drug-likeness (QED) is 0.766. The highest BCUT2D eigenvalue weighted by molar-refractivity contribution is 5.77. The van der Waals surface area contributed by atoms with Gasteiger partial charge in [0.1, 0.15) is 18.0 Å². The van der Waals surface area contributed by atoms with Crippen LogP contribution in [0.1, 0.15) is 5.56 Å².